The van der Waals surface area contributed by atoms with Crippen LogP contribution in [-0.2, 0) is 16.6 Å². The van der Waals surface area contributed by atoms with Crippen LogP contribution in [0.25, 0.3) is 10.8 Å². The van der Waals surface area contributed by atoms with Crippen LogP contribution in [0.3, 0.4) is 0 Å². The Morgan fingerprint density at radius 2 is 1.89 bits per heavy atom. The Balaban J connectivity index is 1.41. The molecule has 230 valence electrons. The SMILES string of the molecule is Cc1cc(CNC(=O)N[C@@H]2C[C@@H](NC(=O)c3cccnc3)c3cc(S(=O)(=O)NCC(C)C)c4cc(C5CC5)ncc4c32)no1. The van der Waals surface area contributed by atoms with Crippen molar-refractivity contribution in [2.75, 3.05) is 6.54 Å². The normalized spacial score (nSPS) is 17.9. The van der Waals surface area contributed by atoms with Crippen LogP contribution in [0, 0.1) is 12.8 Å². The van der Waals surface area contributed by atoms with Crippen molar-refractivity contribution in [3.8, 4) is 0 Å². The molecule has 0 unspecified atom stereocenters. The second-order valence-corrected chi connectivity index (χ2v) is 13.6. The molecule has 2 aliphatic carbocycles. The van der Waals surface area contributed by atoms with Crippen LogP contribution in [0.5, 0.6) is 0 Å². The lowest BCUT2D eigenvalue weighted by atomic mass is 9.98. The molecular weight excluding hydrogens is 582 g/mol. The van der Waals surface area contributed by atoms with Gasteiger partial charge in [-0.3, -0.25) is 14.8 Å². The van der Waals surface area contributed by atoms with Crippen molar-refractivity contribution in [1.82, 2.24) is 35.8 Å². The van der Waals surface area contributed by atoms with Crippen LogP contribution in [-0.4, -0.2) is 42.0 Å². The van der Waals surface area contributed by atoms with E-state index in [4.69, 9.17) is 9.51 Å². The number of hydrogen-bond donors (Lipinski definition) is 4. The number of urea groups is 1. The van der Waals surface area contributed by atoms with E-state index >= 15 is 0 Å². The van der Waals surface area contributed by atoms with Crippen LogP contribution in [0.1, 0.15) is 89.7 Å². The van der Waals surface area contributed by atoms with E-state index in [0.29, 0.717) is 45.7 Å². The summed E-state index contributed by atoms with van der Waals surface area (Å²) in [5.74, 6) is 0.689. The Bertz CT molecular complexity index is 1820. The molecule has 4 N–H and O–H groups in total. The van der Waals surface area contributed by atoms with E-state index in [0.717, 1.165) is 24.1 Å². The third kappa shape index (κ3) is 6.29. The highest BCUT2D eigenvalue weighted by molar-refractivity contribution is 7.89. The van der Waals surface area contributed by atoms with Gasteiger partial charge in [-0.05, 0) is 67.5 Å². The number of carbonyl (C=O) groups is 2. The van der Waals surface area contributed by atoms with Crippen molar-refractivity contribution in [2.24, 2.45) is 5.92 Å². The summed E-state index contributed by atoms with van der Waals surface area (Å²) < 4.78 is 35.3. The van der Waals surface area contributed by atoms with Gasteiger partial charge in [-0.2, -0.15) is 0 Å². The summed E-state index contributed by atoms with van der Waals surface area (Å²) in [6, 6.07) is 7.00. The Morgan fingerprint density at radius 1 is 1.07 bits per heavy atom. The molecule has 2 atom stereocenters. The Labute approximate surface area is 255 Å². The molecule has 1 fully saturated rings. The van der Waals surface area contributed by atoms with Crippen LogP contribution in [0.4, 0.5) is 4.79 Å². The maximum absolute atomic E-state index is 13.8. The highest BCUT2D eigenvalue weighted by Gasteiger charge is 2.38. The molecule has 0 spiro atoms. The quantitative estimate of drug-likeness (QED) is 0.206. The number of pyridine rings is 2. The second-order valence-electron chi connectivity index (χ2n) is 11.9. The summed E-state index contributed by atoms with van der Waals surface area (Å²) >= 11 is 0. The molecule has 3 aromatic heterocycles. The Morgan fingerprint density at radius 3 is 2.57 bits per heavy atom. The van der Waals surface area contributed by atoms with Crippen molar-refractivity contribution >= 4 is 32.7 Å². The first-order valence-corrected chi connectivity index (χ1v) is 16.2. The number of amides is 3. The number of sulfonamides is 1. The molecule has 13 heteroatoms. The number of benzene rings is 1. The fourth-order valence-electron chi connectivity index (χ4n) is 5.57. The predicted molar refractivity (Wildman–Crippen MR) is 162 cm³/mol. The minimum atomic E-state index is -3.92. The average Bonchev–Trinajstić information content (AvgIpc) is 3.69. The average molecular weight is 618 g/mol. The van der Waals surface area contributed by atoms with Crippen molar-refractivity contribution in [1.29, 1.82) is 0 Å². The fourth-order valence-corrected chi connectivity index (χ4v) is 7.02. The third-order valence-corrected chi connectivity index (χ3v) is 9.35. The third-order valence-electron chi connectivity index (χ3n) is 7.88. The molecule has 2 aliphatic rings. The van der Waals surface area contributed by atoms with Crippen molar-refractivity contribution in [3.63, 3.8) is 0 Å². The van der Waals surface area contributed by atoms with Gasteiger partial charge < -0.3 is 20.5 Å². The van der Waals surface area contributed by atoms with E-state index in [1.165, 1.54) is 6.20 Å². The van der Waals surface area contributed by atoms with E-state index in [9.17, 15) is 18.0 Å². The summed E-state index contributed by atoms with van der Waals surface area (Å²) in [5, 5.41) is 14.0. The standard InChI is InChI=1S/C31H35N7O5S/c1-17(2)13-35-44(41,42)28-11-23-26(36-30(39)20-5-4-8-32-14-20)12-27(37-31(40)34-15-21-9-18(3)43-38-21)29(23)24-16-33-25(10-22(24)28)19-6-7-19/h4-5,8-11,14,16-17,19,26-27,35H,6-7,12-13,15H2,1-3H3,(H,36,39)(H2,34,37,40)/t26-,27-/m1/s1. The van der Waals surface area contributed by atoms with Crippen molar-refractivity contribution in [3.05, 3.63) is 82.8 Å². The lowest BCUT2D eigenvalue weighted by Gasteiger charge is -2.19. The van der Waals surface area contributed by atoms with Gasteiger partial charge in [0.25, 0.3) is 5.91 Å². The largest absolute Gasteiger partial charge is 0.361 e. The lowest BCUT2D eigenvalue weighted by molar-refractivity contribution is 0.0935. The Hall–Kier alpha value is -4.36. The zero-order chi connectivity index (χ0) is 31.0. The molecule has 0 bridgehead atoms. The fraction of sp³-hybridized carbons (Fsp3) is 0.387. The highest BCUT2D eigenvalue weighted by Crippen LogP contribution is 2.46. The van der Waals surface area contributed by atoms with Gasteiger partial charge in [-0.15, -0.1) is 0 Å². The molecule has 0 radical (unpaired) electrons. The summed E-state index contributed by atoms with van der Waals surface area (Å²) in [6.07, 6.45) is 7.08. The molecule has 1 aromatic carbocycles. The topological polar surface area (TPSA) is 168 Å². The second kappa shape index (κ2) is 12.0. The van der Waals surface area contributed by atoms with Gasteiger partial charge in [0.15, 0.2) is 0 Å². The van der Waals surface area contributed by atoms with Crippen LogP contribution >= 0.6 is 0 Å². The van der Waals surface area contributed by atoms with Crippen LogP contribution < -0.4 is 20.7 Å². The summed E-state index contributed by atoms with van der Waals surface area (Å²) in [6.45, 7) is 6.08. The molecule has 12 nitrogen and oxygen atoms in total. The number of aromatic nitrogens is 3. The number of hydrogen-bond acceptors (Lipinski definition) is 8. The number of carbonyl (C=O) groups excluding carboxylic acids is 2. The van der Waals surface area contributed by atoms with Crippen LogP contribution in [0.15, 0.2) is 58.3 Å². The number of aryl methyl sites for hydroxylation is 1. The van der Waals surface area contributed by atoms with E-state index in [2.05, 4.69) is 30.8 Å². The molecule has 3 amide bonds. The molecular formula is C31H35N7O5S. The smallest absolute Gasteiger partial charge is 0.315 e. The first kappa shape index (κ1) is 29.7. The number of nitrogens with zero attached hydrogens (tertiary/aromatic N) is 3. The molecule has 44 heavy (non-hydrogen) atoms. The maximum atomic E-state index is 13.8. The van der Waals surface area contributed by atoms with E-state index in [1.807, 2.05) is 19.9 Å². The monoisotopic (exact) mass is 617 g/mol. The van der Waals surface area contributed by atoms with E-state index < -0.39 is 28.1 Å². The van der Waals surface area contributed by atoms with Gasteiger partial charge in [0.2, 0.25) is 10.0 Å². The van der Waals surface area contributed by atoms with Crippen molar-refractivity contribution in [2.45, 2.75) is 69.5 Å². The van der Waals surface area contributed by atoms with E-state index in [1.54, 1.807) is 43.6 Å². The summed E-state index contributed by atoms with van der Waals surface area (Å²) in [7, 11) is -3.92. The highest BCUT2D eigenvalue weighted by atomic mass is 32.2. The first-order valence-electron chi connectivity index (χ1n) is 14.7. The van der Waals surface area contributed by atoms with Gasteiger partial charge >= 0.3 is 6.03 Å². The van der Waals surface area contributed by atoms with Gasteiger partial charge in [0.05, 0.1) is 29.1 Å². The molecule has 1 saturated carbocycles. The van der Waals surface area contributed by atoms with Crippen LogP contribution in [0.2, 0.25) is 0 Å². The number of fused-ring (bicyclic) bond motifs is 3. The van der Waals surface area contributed by atoms with Gasteiger partial charge in [0, 0.05) is 53.6 Å². The molecule has 3 heterocycles. The van der Waals surface area contributed by atoms with Gasteiger partial charge in [-0.25, -0.2) is 17.9 Å². The number of rotatable bonds is 10. The minimum absolute atomic E-state index is 0.105. The minimum Gasteiger partial charge on any atom is -0.361 e. The van der Waals surface area contributed by atoms with Gasteiger partial charge in [0.1, 0.15) is 11.5 Å². The lowest BCUT2D eigenvalue weighted by Crippen LogP contribution is -2.37. The molecule has 0 saturated heterocycles. The molecule has 0 aliphatic heterocycles. The first-order chi connectivity index (χ1) is 21.1. The predicted octanol–water partition coefficient (Wildman–Crippen LogP) is 4.15. The zero-order valence-electron chi connectivity index (χ0n) is 24.8. The number of nitrogens with one attached hydrogen (secondary N) is 4. The molecule has 6 rings (SSSR count). The molecule has 4 aromatic rings. The van der Waals surface area contributed by atoms with E-state index in [-0.39, 0.29) is 29.8 Å². The maximum Gasteiger partial charge on any atom is 0.315 e. The Kier molecular flexibility index (Phi) is 8.08. The van der Waals surface area contributed by atoms with Gasteiger partial charge in [-0.1, -0.05) is 19.0 Å². The zero-order valence-corrected chi connectivity index (χ0v) is 25.6. The summed E-state index contributed by atoms with van der Waals surface area (Å²) in [5.41, 5.74) is 3.13. The van der Waals surface area contributed by atoms with Crippen molar-refractivity contribution < 1.29 is 22.5 Å². The summed E-state index contributed by atoms with van der Waals surface area (Å²) in [4.78, 5) is 35.2.